The van der Waals surface area contributed by atoms with Gasteiger partial charge in [0.15, 0.2) is 11.5 Å². The fraction of sp³-hybridized carbons (Fsp3) is 0.391. The van der Waals surface area contributed by atoms with Gasteiger partial charge in [0.05, 0.1) is 39.5 Å². The summed E-state index contributed by atoms with van der Waals surface area (Å²) in [5.41, 5.74) is 3.19. The number of amides is 1. The zero-order valence-electron chi connectivity index (χ0n) is 19.6. The van der Waals surface area contributed by atoms with Crippen LogP contribution in [0.25, 0.3) is 0 Å². The van der Waals surface area contributed by atoms with E-state index in [9.17, 15) is 13.2 Å². The van der Waals surface area contributed by atoms with Gasteiger partial charge in [-0.25, -0.2) is 13.8 Å². The molecule has 34 heavy (non-hydrogen) atoms. The molecule has 0 aromatic heterocycles. The number of piperidine rings is 1. The molecule has 0 aliphatic carbocycles. The fourth-order valence-corrected chi connectivity index (χ4v) is 5.17. The molecular formula is C23H29N3O7S. The molecule has 1 saturated heterocycles. The highest BCUT2D eigenvalue weighted by Gasteiger charge is 2.32. The van der Waals surface area contributed by atoms with Crippen LogP contribution in [0.1, 0.15) is 18.4 Å². The molecule has 3 rings (SSSR count). The second-order valence-electron chi connectivity index (χ2n) is 7.54. The zero-order valence-corrected chi connectivity index (χ0v) is 20.4. The third kappa shape index (κ3) is 5.60. The van der Waals surface area contributed by atoms with Crippen molar-refractivity contribution in [2.24, 2.45) is 11.0 Å². The molecule has 1 aliphatic rings. The van der Waals surface area contributed by atoms with Crippen LogP contribution in [0.3, 0.4) is 0 Å². The highest BCUT2D eigenvalue weighted by atomic mass is 32.2. The predicted octanol–water partition coefficient (Wildman–Crippen LogP) is 2.27. The number of hydrazone groups is 1. The van der Waals surface area contributed by atoms with Gasteiger partial charge in [0.1, 0.15) is 11.5 Å². The van der Waals surface area contributed by atoms with E-state index in [1.54, 1.807) is 38.5 Å². The summed E-state index contributed by atoms with van der Waals surface area (Å²) >= 11 is 0. The lowest BCUT2D eigenvalue weighted by atomic mass is 9.98. The number of rotatable bonds is 9. The number of sulfonamides is 1. The largest absolute Gasteiger partial charge is 0.497 e. The number of methoxy groups -OCH3 is 4. The zero-order chi connectivity index (χ0) is 24.7. The molecule has 1 heterocycles. The van der Waals surface area contributed by atoms with E-state index in [0.717, 1.165) is 0 Å². The lowest BCUT2D eigenvalue weighted by Crippen LogP contribution is -2.42. The summed E-state index contributed by atoms with van der Waals surface area (Å²) in [7, 11) is 2.31. The van der Waals surface area contributed by atoms with Crippen LogP contribution >= 0.6 is 0 Å². The quantitative estimate of drug-likeness (QED) is 0.423. The van der Waals surface area contributed by atoms with Crippen molar-refractivity contribution in [3.63, 3.8) is 0 Å². The van der Waals surface area contributed by atoms with Gasteiger partial charge in [-0.15, -0.1) is 0 Å². The molecule has 2 aromatic carbocycles. The Morgan fingerprint density at radius 1 is 0.941 bits per heavy atom. The third-order valence-electron chi connectivity index (χ3n) is 5.63. The SMILES string of the molecule is COc1ccc(OC)c(/C=N\NC(=O)C2CCN(S(=O)(=O)c3ccc(OC)c(OC)c3)CC2)c1. The molecule has 0 radical (unpaired) electrons. The van der Waals surface area contributed by atoms with Crippen molar-refractivity contribution in [1.29, 1.82) is 0 Å². The normalized spacial score (nSPS) is 15.2. The highest BCUT2D eigenvalue weighted by Crippen LogP contribution is 2.32. The Morgan fingerprint density at radius 2 is 1.59 bits per heavy atom. The predicted molar refractivity (Wildman–Crippen MR) is 126 cm³/mol. The number of nitrogens with zero attached hydrogens (tertiary/aromatic N) is 2. The maximum Gasteiger partial charge on any atom is 0.243 e. The van der Waals surface area contributed by atoms with Gasteiger partial charge >= 0.3 is 0 Å². The van der Waals surface area contributed by atoms with Crippen molar-refractivity contribution < 1.29 is 32.2 Å². The monoisotopic (exact) mass is 491 g/mol. The number of ether oxygens (including phenoxy) is 4. The van der Waals surface area contributed by atoms with E-state index >= 15 is 0 Å². The molecule has 1 fully saturated rings. The molecule has 0 spiro atoms. The first-order valence-corrected chi connectivity index (χ1v) is 12.0. The van der Waals surface area contributed by atoms with Crippen LogP contribution in [0.5, 0.6) is 23.0 Å². The number of carbonyl (C=O) groups excluding carboxylic acids is 1. The minimum Gasteiger partial charge on any atom is -0.497 e. The molecule has 1 amide bonds. The van der Waals surface area contributed by atoms with Gasteiger partial charge in [-0.05, 0) is 43.2 Å². The van der Waals surface area contributed by atoms with Gasteiger partial charge < -0.3 is 18.9 Å². The molecule has 0 bridgehead atoms. The number of nitrogens with one attached hydrogen (secondary N) is 1. The molecule has 0 saturated carbocycles. The second kappa shape index (κ2) is 11.2. The summed E-state index contributed by atoms with van der Waals surface area (Å²) in [6, 6.07) is 9.73. The Hall–Kier alpha value is -3.31. The number of benzene rings is 2. The van der Waals surface area contributed by atoms with Crippen LogP contribution in [0, 0.1) is 5.92 Å². The second-order valence-corrected chi connectivity index (χ2v) is 9.48. The van der Waals surface area contributed by atoms with Crippen molar-refractivity contribution in [1.82, 2.24) is 9.73 Å². The van der Waals surface area contributed by atoms with Crippen molar-refractivity contribution in [3.8, 4) is 23.0 Å². The number of hydrogen-bond acceptors (Lipinski definition) is 8. The summed E-state index contributed by atoms with van der Waals surface area (Å²) in [5.74, 6) is 1.40. The summed E-state index contributed by atoms with van der Waals surface area (Å²) in [5, 5.41) is 4.03. The molecule has 1 N–H and O–H groups in total. The maximum atomic E-state index is 13.1. The standard InChI is InChI=1S/C23H29N3O7S/c1-30-18-5-7-20(31-2)17(13-18)15-24-25-23(27)16-9-11-26(12-10-16)34(28,29)19-6-8-21(32-3)22(14-19)33-4/h5-8,13-16H,9-12H2,1-4H3,(H,25,27)/b24-15-. The lowest BCUT2D eigenvalue weighted by Gasteiger charge is -2.30. The lowest BCUT2D eigenvalue weighted by molar-refractivity contribution is -0.126. The van der Waals surface area contributed by atoms with Crippen LogP contribution in [0.2, 0.25) is 0 Å². The Bertz CT molecular complexity index is 1140. The van der Waals surface area contributed by atoms with Crippen molar-refractivity contribution in [2.75, 3.05) is 41.5 Å². The molecule has 11 heteroatoms. The average molecular weight is 492 g/mol. The van der Waals surface area contributed by atoms with Gasteiger partial charge in [-0.3, -0.25) is 4.79 Å². The van der Waals surface area contributed by atoms with E-state index in [1.807, 2.05) is 0 Å². The molecule has 184 valence electrons. The van der Waals surface area contributed by atoms with Crippen molar-refractivity contribution >= 4 is 22.1 Å². The molecule has 10 nitrogen and oxygen atoms in total. The average Bonchev–Trinajstić information content (AvgIpc) is 2.88. The van der Waals surface area contributed by atoms with Crippen LogP contribution in [0.4, 0.5) is 0 Å². The Balaban J connectivity index is 1.60. The molecule has 0 unspecified atom stereocenters. The Kier molecular flexibility index (Phi) is 8.35. The number of hydrogen-bond donors (Lipinski definition) is 1. The van der Waals surface area contributed by atoms with E-state index < -0.39 is 10.0 Å². The van der Waals surface area contributed by atoms with Crippen LogP contribution < -0.4 is 24.4 Å². The summed E-state index contributed by atoms with van der Waals surface area (Å²) < 4.78 is 48.4. The highest BCUT2D eigenvalue weighted by molar-refractivity contribution is 7.89. The minimum atomic E-state index is -3.73. The van der Waals surface area contributed by atoms with E-state index in [4.69, 9.17) is 18.9 Å². The van der Waals surface area contributed by atoms with Gasteiger partial charge in [0.25, 0.3) is 0 Å². The minimum absolute atomic E-state index is 0.116. The van der Waals surface area contributed by atoms with E-state index in [0.29, 0.717) is 41.4 Å². The molecule has 1 aliphatic heterocycles. The molecule has 2 aromatic rings. The molecular weight excluding hydrogens is 462 g/mol. The number of carbonyl (C=O) groups is 1. The first kappa shape index (κ1) is 25.3. The van der Waals surface area contributed by atoms with Crippen LogP contribution in [-0.4, -0.2) is 66.4 Å². The van der Waals surface area contributed by atoms with Crippen LogP contribution in [0.15, 0.2) is 46.4 Å². The van der Waals surface area contributed by atoms with E-state index in [2.05, 4.69) is 10.5 Å². The smallest absolute Gasteiger partial charge is 0.243 e. The first-order chi connectivity index (χ1) is 16.3. The van der Waals surface area contributed by atoms with E-state index in [-0.39, 0.29) is 29.8 Å². The van der Waals surface area contributed by atoms with Gasteiger partial charge in [0.2, 0.25) is 15.9 Å². The Morgan fingerprint density at radius 3 is 2.21 bits per heavy atom. The third-order valence-corrected chi connectivity index (χ3v) is 7.53. The van der Waals surface area contributed by atoms with Gasteiger partial charge in [0, 0.05) is 30.6 Å². The fourth-order valence-electron chi connectivity index (χ4n) is 3.68. The summed E-state index contributed by atoms with van der Waals surface area (Å²) in [6.07, 6.45) is 2.25. The van der Waals surface area contributed by atoms with Crippen molar-refractivity contribution in [3.05, 3.63) is 42.0 Å². The Labute approximate surface area is 199 Å². The first-order valence-electron chi connectivity index (χ1n) is 10.6. The van der Waals surface area contributed by atoms with E-state index in [1.165, 1.54) is 36.9 Å². The summed E-state index contributed by atoms with van der Waals surface area (Å²) in [6.45, 7) is 0.449. The topological polar surface area (TPSA) is 116 Å². The van der Waals surface area contributed by atoms with Crippen molar-refractivity contribution in [2.45, 2.75) is 17.7 Å². The van der Waals surface area contributed by atoms with Crippen LogP contribution in [-0.2, 0) is 14.8 Å². The van der Waals surface area contributed by atoms with Gasteiger partial charge in [-0.2, -0.15) is 9.41 Å². The molecule has 0 atom stereocenters. The summed E-state index contributed by atoms with van der Waals surface area (Å²) in [4.78, 5) is 12.7. The van der Waals surface area contributed by atoms with Gasteiger partial charge in [-0.1, -0.05) is 0 Å². The maximum absolute atomic E-state index is 13.1.